The molecule has 3 N–H and O–H groups in total. The molecule has 1 amide bonds. The summed E-state index contributed by atoms with van der Waals surface area (Å²) in [6.45, 7) is 0. The van der Waals surface area contributed by atoms with E-state index in [1.807, 2.05) is 0 Å². The van der Waals surface area contributed by atoms with Crippen LogP contribution in [0.4, 0.5) is 4.39 Å². The lowest BCUT2D eigenvalue weighted by Crippen LogP contribution is -2.67. The third kappa shape index (κ3) is 3.87. The maximum Gasteiger partial charge on any atom is 0.267 e. The number of aromatic amines is 1. The average molecular weight is 432 g/mol. The molecule has 1 aromatic carbocycles. The van der Waals surface area contributed by atoms with Crippen LogP contribution in [0, 0.1) is 5.82 Å². The fourth-order valence-corrected chi connectivity index (χ4v) is 6.57. The molecule has 0 radical (unpaired) electrons. The number of hydrogen-bond acceptors (Lipinski definition) is 2. The predicted octanol–water partition coefficient (Wildman–Crippen LogP) is 5.85. The Labute approximate surface area is 182 Å². The standard InChI is InChI=1S/C24H31ClFN3O/c25-18-13-20-16(11-19(18)26)12-21(28-20)22(30)27-17-14-23(7-3-1-4-8-23)29-24(15-17)9-5-2-6-10-24/h11-13,17,28-29H,1-10,14-15H2,(H,27,30). The number of hydrogen-bond donors (Lipinski definition) is 3. The van der Waals surface area contributed by atoms with Crippen molar-refractivity contribution in [3.8, 4) is 0 Å². The largest absolute Gasteiger partial charge is 0.350 e. The third-order valence-corrected chi connectivity index (χ3v) is 7.96. The van der Waals surface area contributed by atoms with Crippen molar-refractivity contribution in [1.29, 1.82) is 0 Å². The maximum absolute atomic E-state index is 13.8. The first-order chi connectivity index (χ1) is 14.5. The Hall–Kier alpha value is -1.59. The summed E-state index contributed by atoms with van der Waals surface area (Å²) in [5.41, 5.74) is 1.50. The summed E-state index contributed by atoms with van der Waals surface area (Å²) in [6, 6.07) is 4.81. The highest BCUT2D eigenvalue weighted by molar-refractivity contribution is 6.31. The molecule has 6 heteroatoms. The van der Waals surface area contributed by atoms with Gasteiger partial charge in [-0.25, -0.2) is 4.39 Å². The van der Waals surface area contributed by atoms with Gasteiger partial charge in [0.15, 0.2) is 0 Å². The topological polar surface area (TPSA) is 56.9 Å². The highest BCUT2D eigenvalue weighted by atomic mass is 35.5. The Kier molecular flexibility index (Phi) is 5.30. The van der Waals surface area contributed by atoms with E-state index in [1.54, 1.807) is 12.1 Å². The maximum atomic E-state index is 13.8. The Balaban J connectivity index is 1.37. The second kappa shape index (κ2) is 7.83. The van der Waals surface area contributed by atoms with E-state index < -0.39 is 5.82 Å². The van der Waals surface area contributed by atoms with Gasteiger partial charge in [-0.3, -0.25) is 4.79 Å². The van der Waals surface area contributed by atoms with Gasteiger partial charge in [0.05, 0.1) is 5.02 Å². The van der Waals surface area contributed by atoms with Gasteiger partial charge in [0.1, 0.15) is 11.5 Å². The summed E-state index contributed by atoms with van der Waals surface area (Å²) in [6.07, 6.45) is 14.6. The second-order valence-corrected chi connectivity index (χ2v) is 10.3. The van der Waals surface area contributed by atoms with E-state index in [2.05, 4.69) is 15.6 Å². The second-order valence-electron chi connectivity index (χ2n) is 9.92. The van der Waals surface area contributed by atoms with Crippen molar-refractivity contribution in [2.24, 2.45) is 0 Å². The minimum atomic E-state index is -0.466. The van der Waals surface area contributed by atoms with Crippen LogP contribution in [-0.4, -0.2) is 28.0 Å². The van der Waals surface area contributed by atoms with Gasteiger partial charge in [0.25, 0.3) is 5.91 Å². The molecule has 2 saturated carbocycles. The molecule has 0 bridgehead atoms. The van der Waals surface area contributed by atoms with Crippen molar-refractivity contribution in [1.82, 2.24) is 15.6 Å². The van der Waals surface area contributed by atoms with Crippen molar-refractivity contribution in [3.63, 3.8) is 0 Å². The third-order valence-electron chi connectivity index (χ3n) is 7.67. The molecule has 1 aromatic heterocycles. The van der Waals surface area contributed by atoms with Gasteiger partial charge in [-0.15, -0.1) is 0 Å². The van der Waals surface area contributed by atoms with Gasteiger partial charge in [0, 0.05) is 28.0 Å². The van der Waals surface area contributed by atoms with Crippen molar-refractivity contribution < 1.29 is 9.18 Å². The molecule has 2 heterocycles. The number of halogens is 2. The predicted molar refractivity (Wildman–Crippen MR) is 119 cm³/mol. The Morgan fingerprint density at radius 2 is 1.57 bits per heavy atom. The van der Waals surface area contributed by atoms with Gasteiger partial charge in [-0.05, 0) is 56.7 Å². The molecular weight excluding hydrogens is 401 g/mol. The average Bonchev–Trinajstić information content (AvgIpc) is 3.12. The van der Waals surface area contributed by atoms with Gasteiger partial charge in [-0.1, -0.05) is 50.1 Å². The lowest BCUT2D eigenvalue weighted by atomic mass is 9.66. The van der Waals surface area contributed by atoms with E-state index >= 15 is 0 Å². The fourth-order valence-electron chi connectivity index (χ4n) is 6.41. The van der Waals surface area contributed by atoms with E-state index in [9.17, 15) is 9.18 Å². The summed E-state index contributed by atoms with van der Waals surface area (Å²) >= 11 is 5.89. The van der Waals surface area contributed by atoms with Crippen LogP contribution in [0.1, 0.15) is 87.5 Å². The molecule has 5 rings (SSSR count). The Bertz CT molecular complexity index is 878. The molecule has 0 unspecified atom stereocenters. The zero-order chi connectivity index (χ0) is 20.8. The Morgan fingerprint density at radius 1 is 0.967 bits per heavy atom. The highest BCUT2D eigenvalue weighted by Crippen LogP contribution is 2.44. The summed E-state index contributed by atoms with van der Waals surface area (Å²) in [5.74, 6) is -0.571. The number of nitrogens with one attached hydrogen (secondary N) is 3. The molecule has 2 spiro atoms. The quantitative estimate of drug-likeness (QED) is 0.558. The van der Waals surface area contributed by atoms with Crippen LogP contribution in [0.15, 0.2) is 18.2 Å². The van der Waals surface area contributed by atoms with Gasteiger partial charge < -0.3 is 15.6 Å². The van der Waals surface area contributed by atoms with Crippen LogP contribution in [0.25, 0.3) is 10.9 Å². The zero-order valence-electron chi connectivity index (χ0n) is 17.5. The number of carbonyl (C=O) groups is 1. The molecule has 1 saturated heterocycles. The molecule has 30 heavy (non-hydrogen) atoms. The van der Waals surface area contributed by atoms with Crippen molar-refractivity contribution in [2.75, 3.05) is 0 Å². The molecule has 2 aromatic rings. The lowest BCUT2D eigenvalue weighted by molar-refractivity contribution is 0.0441. The van der Waals surface area contributed by atoms with Crippen LogP contribution in [0.2, 0.25) is 5.02 Å². The van der Waals surface area contributed by atoms with E-state index in [4.69, 9.17) is 11.6 Å². The van der Waals surface area contributed by atoms with Gasteiger partial charge >= 0.3 is 0 Å². The van der Waals surface area contributed by atoms with Crippen molar-refractivity contribution in [2.45, 2.75) is 94.2 Å². The van der Waals surface area contributed by atoms with Crippen LogP contribution in [0.3, 0.4) is 0 Å². The molecular formula is C24H31ClFN3O. The molecule has 4 nitrogen and oxygen atoms in total. The van der Waals surface area contributed by atoms with Gasteiger partial charge in [-0.2, -0.15) is 0 Å². The monoisotopic (exact) mass is 431 g/mol. The molecule has 1 aliphatic heterocycles. The minimum Gasteiger partial charge on any atom is -0.350 e. The summed E-state index contributed by atoms with van der Waals surface area (Å²) in [7, 11) is 0. The summed E-state index contributed by atoms with van der Waals surface area (Å²) in [4.78, 5) is 16.2. The highest BCUT2D eigenvalue weighted by Gasteiger charge is 2.48. The van der Waals surface area contributed by atoms with Crippen molar-refractivity contribution in [3.05, 3.63) is 34.7 Å². The summed E-state index contributed by atoms with van der Waals surface area (Å²) in [5, 5.41) is 8.21. The SMILES string of the molecule is O=C(NC1CC2(CCCCC2)NC2(CCCCC2)C1)c1cc2cc(F)c(Cl)cc2[nH]1. The number of rotatable bonds is 2. The summed E-state index contributed by atoms with van der Waals surface area (Å²) < 4.78 is 13.8. The zero-order valence-corrected chi connectivity index (χ0v) is 18.2. The lowest BCUT2D eigenvalue weighted by Gasteiger charge is -2.55. The van der Waals surface area contributed by atoms with Crippen LogP contribution in [0.5, 0.6) is 0 Å². The number of amides is 1. The van der Waals surface area contributed by atoms with Crippen molar-refractivity contribution >= 4 is 28.4 Å². The van der Waals surface area contributed by atoms with E-state index in [1.165, 1.54) is 70.3 Å². The van der Waals surface area contributed by atoms with Crippen LogP contribution in [-0.2, 0) is 0 Å². The molecule has 3 aliphatic rings. The smallest absolute Gasteiger partial charge is 0.267 e. The number of aromatic nitrogens is 1. The van der Waals surface area contributed by atoms with Crippen LogP contribution >= 0.6 is 11.6 Å². The normalized spacial score (nSPS) is 25.6. The van der Waals surface area contributed by atoms with E-state index in [-0.39, 0.29) is 28.0 Å². The van der Waals surface area contributed by atoms with Gasteiger partial charge in [0.2, 0.25) is 0 Å². The molecule has 2 aliphatic carbocycles. The minimum absolute atomic E-state index is 0.0631. The number of carbonyl (C=O) groups excluding carboxylic acids is 1. The molecule has 3 fully saturated rings. The number of piperidine rings is 1. The first kappa shape index (κ1) is 20.3. The molecule has 0 atom stereocenters. The number of fused-ring (bicyclic) bond motifs is 1. The van der Waals surface area contributed by atoms with E-state index in [0.717, 1.165) is 12.8 Å². The number of benzene rings is 1. The van der Waals surface area contributed by atoms with E-state index in [0.29, 0.717) is 16.6 Å². The van der Waals surface area contributed by atoms with Crippen LogP contribution < -0.4 is 10.6 Å². The first-order valence-electron chi connectivity index (χ1n) is 11.5. The number of H-pyrrole nitrogens is 1. The fraction of sp³-hybridized carbons (Fsp3) is 0.625. The molecule has 162 valence electrons. The first-order valence-corrected chi connectivity index (χ1v) is 11.9. The Morgan fingerprint density at radius 3 is 2.17 bits per heavy atom.